The number of carbonyl (C=O) groups excluding carboxylic acids is 1. The molecular formula is C24H42O. The molecule has 0 N–H and O–H groups in total. The van der Waals surface area contributed by atoms with E-state index < -0.39 is 0 Å². The minimum atomic E-state index is -0.108. The van der Waals surface area contributed by atoms with E-state index in [-0.39, 0.29) is 5.41 Å². The van der Waals surface area contributed by atoms with Crippen molar-refractivity contribution in [2.45, 2.75) is 99.8 Å². The molecule has 3 saturated carbocycles. The molecule has 1 nitrogen and oxygen atoms in total. The third-order valence-corrected chi connectivity index (χ3v) is 9.38. The van der Waals surface area contributed by atoms with E-state index in [1.807, 2.05) is 0 Å². The Kier molecular flexibility index (Phi) is 4.74. The van der Waals surface area contributed by atoms with Crippen LogP contribution in [0.15, 0.2) is 0 Å². The van der Waals surface area contributed by atoms with Gasteiger partial charge in [0.25, 0.3) is 0 Å². The second-order valence-corrected chi connectivity index (χ2v) is 11.8. The van der Waals surface area contributed by atoms with Crippen LogP contribution in [0.1, 0.15) is 99.8 Å². The predicted octanol–water partition coefficient (Wildman–Crippen LogP) is 6.90. The normalized spacial score (nSPS) is 49.4. The third-order valence-electron chi connectivity index (χ3n) is 9.38. The predicted molar refractivity (Wildman–Crippen MR) is 106 cm³/mol. The first-order chi connectivity index (χ1) is 11.5. The van der Waals surface area contributed by atoms with Gasteiger partial charge in [0.2, 0.25) is 0 Å². The SMILES string of the molecule is CC(C)C[C@@H]1[C@@](C)(C=O)CCC2[C@@]3(C)CCCC(C)(C)C3CC[C@]21C. The van der Waals surface area contributed by atoms with Gasteiger partial charge in [0.1, 0.15) is 6.29 Å². The van der Waals surface area contributed by atoms with Crippen molar-refractivity contribution < 1.29 is 4.79 Å². The summed E-state index contributed by atoms with van der Waals surface area (Å²) in [6, 6.07) is 0. The highest BCUT2D eigenvalue weighted by molar-refractivity contribution is 5.60. The van der Waals surface area contributed by atoms with E-state index in [0.29, 0.717) is 28.1 Å². The summed E-state index contributed by atoms with van der Waals surface area (Å²) in [6.07, 6.45) is 11.8. The molecule has 2 unspecified atom stereocenters. The van der Waals surface area contributed by atoms with Crippen molar-refractivity contribution in [1.82, 2.24) is 0 Å². The van der Waals surface area contributed by atoms with Gasteiger partial charge in [0.15, 0.2) is 0 Å². The molecule has 144 valence electrons. The minimum Gasteiger partial charge on any atom is -0.303 e. The van der Waals surface area contributed by atoms with Crippen LogP contribution in [0.25, 0.3) is 0 Å². The van der Waals surface area contributed by atoms with E-state index in [9.17, 15) is 4.79 Å². The summed E-state index contributed by atoms with van der Waals surface area (Å²) >= 11 is 0. The number of hydrogen-bond acceptors (Lipinski definition) is 1. The van der Waals surface area contributed by atoms with Crippen LogP contribution in [0.4, 0.5) is 0 Å². The monoisotopic (exact) mass is 346 g/mol. The lowest BCUT2D eigenvalue weighted by atomic mass is 9.37. The van der Waals surface area contributed by atoms with Gasteiger partial charge in [0.05, 0.1) is 0 Å². The summed E-state index contributed by atoms with van der Waals surface area (Å²) in [4.78, 5) is 12.2. The maximum atomic E-state index is 12.2. The Labute approximate surface area is 156 Å². The molecule has 6 atom stereocenters. The Hall–Kier alpha value is -0.330. The molecule has 0 aromatic rings. The first kappa shape index (κ1) is 19.4. The van der Waals surface area contributed by atoms with Crippen LogP contribution < -0.4 is 0 Å². The zero-order valence-electron chi connectivity index (χ0n) is 18.0. The molecule has 3 fully saturated rings. The van der Waals surface area contributed by atoms with Gasteiger partial charge in [-0.2, -0.15) is 0 Å². The van der Waals surface area contributed by atoms with E-state index in [1.165, 1.54) is 51.2 Å². The van der Waals surface area contributed by atoms with Crippen molar-refractivity contribution in [3.05, 3.63) is 0 Å². The van der Waals surface area contributed by atoms with Crippen molar-refractivity contribution in [1.29, 1.82) is 0 Å². The highest BCUT2D eigenvalue weighted by atomic mass is 16.1. The van der Waals surface area contributed by atoms with E-state index in [4.69, 9.17) is 0 Å². The number of carbonyl (C=O) groups is 1. The second-order valence-electron chi connectivity index (χ2n) is 11.8. The average molecular weight is 347 g/mol. The lowest BCUT2D eigenvalue weighted by molar-refractivity contribution is -0.192. The van der Waals surface area contributed by atoms with E-state index >= 15 is 0 Å². The molecule has 0 radical (unpaired) electrons. The molecule has 0 heterocycles. The van der Waals surface area contributed by atoms with Crippen LogP contribution in [0, 0.1) is 45.3 Å². The second kappa shape index (κ2) is 6.10. The largest absolute Gasteiger partial charge is 0.303 e. The summed E-state index contributed by atoms with van der Waals surface area (Å²) in [5.74, 6) is 2.90. The Morgan fingerprint density at radius 3 is 2.12 bits per heavy atom. The van der Waals surface area contributed by atoms with Crippen molar-refractivity contribution in [2.75, 3.05) is 0 Å². The molecular weight excluding hydrogens is 304 g/mol. The van der Waals surface area contributed by atoms with Crippen molar-refractivity contribution in [3.8, 4) is 0 Å². The number of fused-ring (bicyclic) bond motifs is 3. The van der Waals surface area contributed by atoms with Crippen LogP contribution >= 0.6 is 0 Å². The highest BCUT2D eigenvalue weighted by Gasteiger charge is 2.63. The number of aldehydes is 1. The van der Waals surface area contributed by atoms with E-state index in [2.05, 4.69) is 48.5 Å². The summed E-state index contributed by atoms with van der Waals surface area (Å²) in [5, 5.41) is 0. The first-order valence-corrected chi connectivity index (χ1v) is 11.0. The zero-order valence-corrected chi connectivity index (χ0v) is 18.0. The topological polar surface area (TPSA) is 17.1 Å². The summed E-state index contributed by atoms with van der Waals surface area (Å²) in [7, 11) is 0. The molecule has 0 saturated heterocycles. The zero-order chi connectivity index (χ0) is 18.7. The standard InChI is InChI=1S/C24H42O/c1-17(2)15-20-22(5,16-25)13-9-19-23(6)12-8-11-21(3,4)18(23)10-14-24(19,20)7/h16-20H,8-15H2,1-7H3/t18?,19?,20-,22-,23+,24-/m1/s1. The summed E-state index contributed by atoms with van der Waals surface area (Å²) < 4.78 is 0. The Bertz CT molecular complexity index is 520. The van der Waals surface area contributed by atoms with Gasteiger partial charge in [-0.1, -0.05) is 54.9 Å². The van der Waals surface area contributed by atoms with Gasteiger partial charge in [0, 0.05) is 5.41 Å². The van der Waals surface area contributed by atoms with E-state index in [1.54, 1.807) is 0 Å². The first-order valence-electron chi connectivity index (χ1n) is 11.0. The van der Waals surface area contributed by atoms with Gasteiger partial charge in [-0.3, -0.25) is 0 Å². The van der Waals surface area contributed by atoms with Crippen molar-refractivity contribution in [3.63, 3.8) is 0 Å². The average Bonchev–Trinajstić information content (AvgIpc) is 2.49. The quantitative estimate of drug-likeness (QED) is 0.508. The molecule has 3 rings (SSSR count). The summed E-state index contributed by atoms with van der Waals surface area (Å²) in [5.41, 5.74) is 1.21. The molecule has 0 amide bonds. The van der Waals surface area contributed by atoms with Crippen LogP contribution in [-0.4, -0.2) is 6.29 Å². The van der Waals surface area contributed by atoms with Crippen LogP contribution in [0.2, 0.25) is 0 Å². The Morgan fingerprint density at radius 2 is 1.52 bits per heavy atom. The highest BCUT2D eigenvalue weighted by Crippen LogP contribution is 2.71. The van der Waals surface area contributed by atoms with E-state index in [0.717, 1.165) is 18.3 Å². The molecule has 0 bridgehead atoms. The minimum absolute atomic E-state index is 0.108. The van der Waals surface area contributed by atoms with Crippen molar-refractivity contribution in [2.24, 2.45) is 45.3 Å². The third kappa shape index (κ3) is 2.83. The molecule has 0 aromatic heterocycles. The molecule has 3 aliphatic carbocycles. The summed E-state index contributed by atoms with van der Waals surface area (Å²) in [6.45, 7) is 17.2. The maximum absolute atomic E-state index is 12.2. The maximum Gasteiger partial charge on any atom is 0.126 e. The van der Waals surface area contributed by atoms with Gasteiger partial charge >= 0.3 is 0 Å². The number of rotatable bonds is 3. The van der Waals surface area contributed by atoms with Crippen LogP contribution in [-0.2, 0) is 4.79 Å². The molecule has 25 heavy (non-hydrogen) atoms. The Balaban J connectivity index is 2.02. The fourth-order valence-electron chi connectivity index (χ4n) is 8.30. The fraction of sp³-hybridized carbons (Fsp3) is 0.958. The van der Waals surface area contributed by atoms with Crippen LogP contribution in [0.5, 0.6) is 0 Å². The van der Waals surface area contributed by atoms with Crippen molar-refractivity contribution >= 4 is 6.29 Å². The molecule has 0 spiro atoms. The molecule has 1 heteroatoms. The van der Waals surface area contributed by atoms with Gasteiger partial charge < -0.3 is 4.79 Å². The fourth-order valence-corrected chi connectivity index (χ4v) is 8.30. The molecule has 0 aromatic carbocycles. The van der Waals surface area contributed by atoms with Gasteiger partial charge in [-0.05, 0) is 84.9 Å². The Morgan fingerprint density at radius 1 is 0.880 bits per heavy atom. The molecule has 0 aliphatic heterocycles. The smallest absolute Gasteiger partial charge is 0.126 e. The van der Waals surface area contributed by atoms with Gasteiger partial charge in [-0.15, -0.1) is 0 Å². The lowest BCUT2D eigenvalue weighted by Gasteiger charge is -2.68. The molecule has 3 aliphatic rings. The number of hydrogen-bond donors (Lipinski definition) is 0. The lowest BCUT2D eigenvalue weighted by Crippen LogP contribution is -2.61. The van der Waals surface area contributed by atoms with Crippen LogP contribution in [0.3, 0.4) is 0 Å². The van der Waals surface area contributed by atoms with Gasteiger partial charge in [-0.25, -0.2) is 0 Å².